The number of carbonyl (C=O) groups is 2. The number of unbranched alkanes of at least 4 members (excludes halogenated alkanes) is 2. The third-order valence-corrected chi connectivity index (χ3v) is 8.50. The van der Waals surface area contributed by atoms with Crippen LogP contribution in [0, 0.1) is 0 Å². The first-order valence-electron chi connectivity index (χ1n) is 13.9. The largest absolute Gasteiger partial charge is 0.494 e. The molecule has 214 valence electrons. The summed E-state index contributed by atoms with van der Waals surface area (Å²) < 4.78 is 12.7. The molecule has 41 heavy (non-hydrogen) atoms. The minimum Gasteiger partial charge on any atom is -0.494 e. The summed E-state index contributed by atoms with van der Waals surface area (Å²) in [6, 6.07) is 22.1. The standard InChI is InChI=1S/C32H34BrN3O4S/c1-34-18-20-35(21-19-34)17-3-2-4-22-39-27-15-9-26(10-16-27)36-31(37)30(41-32(36)38)23-24-5-11-28(12-6-24)40-29-13-7-25(33)8-14-29/h5-16,23H,2-4,17-22H2,1H3. The van der Waals surface area contributed by atoms with E-state index in [0.717, 1.165) is 78.9 Å². The van der Waals surface area contributed by atoms with Crippen molar-refractivity contribution in [1.82, 2.24) is 9.80 Å². The Morgan fingerprint density at radius 2 is 1.44 bits per heavy atom. The van der Waals surface area contributed by atoms with Gasteiger partial charge >= 0.3 is 0 Å². The molecule has 3 aromatic carbocycles. The van der Waals surface area contributed by atoms with Crippen molar-refractivity contribution in [2.75, 3.05) is 51.3 Å². The molecular formula is C32H34BrN3O4S. The Labute approximate surface area is 254 Å². The Hall–Kier alpha value is -3.11. The highest BCUT2D eigenvalue weighted by atomic mass is 79.9. The minimum absolute atomic E-state index is 0.314. The van der Waals surface area contributed by atoms with Gasteiger partial charge < -0.3 is 19.3 Å². The third-order valence-electron chi connectivity index (χ3n) is 7.10. The van der Waals surface area contributed by atoms with Gasteiger partial charge in [-0.15, -0.1) is 0 Å². The SMILES string of the molecule is CN1CCN(CCCCCOc2ccc(N3C(=O)SC(=Cc4ccc(Oc5ccc(Br)cc5)cc4)C3=O)cc2)CC1. The lowest BCUT2D eigenvalue weighted by molar-refractivity contribution is -0.113. The second-order valence-electron chi connectivity index (χ2n) is 10.2. The monoisotopic (exact) mass is 635 g/mol. The van der Waals surface area contributed by atoms with Crippen LogP contribution in [0.1, 0.15) is 24.8 Å². The number of amides is 2. The van der Waals surface area contributed by atoms with E-state index >= 15 is 0 Å². The molecule has 2 aliphatic rings. The summed E-state index contributed by atoms with van der Waals surface area (Å²) >= 11 is 4.35. The topological polar surface area (TPSA) is 62.3 Å². The normalized spacial score (nSPS) is 17.4. The molecule has 0 radical (unpaired) electrons. The van der Waals surface area contributed by atoms with Crippen LogP contribution in [0.25, 0.3) is 6.08 Å². The predicted molar refractivity (Wildman–Crippen MR) is 169 cm³/mol. The Morgan fingerprint density at radius 1 is 0.805 bits per heavy atom. The third kappa shape index (κ3) is 8.23. The summed E-state index contributed by atoms with van der Waals surface area (Å²) in [5, 5.41) is -0.314. The number of thioether (sulfide) groups is 1. The molecule has 0 spiro atoms. The van der Waals surface area contributed by atoms with Crippen molar-refractivity contribution < 1.29 is 19.1 Å². The molecule has 0 aromatic heterocycles. The summed E-state index contributed by atoms with van der Waals surface area (Å²) in [6.07, 6.45) is 5.05. The highest BCUT2D eigenvalue weighted by Gasteiger charge is 2.36. The van der Waals surface area contributed by atoms with Gasteiger partial charge in [0.05, 0.1) is 17.2 Å². The van der Waals surface area contributed by atoms with Gasteiger partial charge in [0.15, 0.2) is 0 Å². The Morgan fingerprint density at radius 3 is 2.12 bits per heavy atom. The van der Waals surface area contributed by atoms with Crippen molar-refractivity contribution in [2.45, 2.75) is 19.3 Å². The number of piperazine rings is 1. The summed E-state index contributed by atoms with van der Waals surface area (Å²) in [5.74, 6) is 1.82. The molecule has 0 atom stereocenters. The quantitative estimate of drug-likeness (QED) is 0.162. The first kappa shape index (κ1) is 29.4. The van der Waals surface area contributed by atoms with Gasteiger partial charge in [-0.2, -0.15) is 0 Å². The molecule has 0 saturated carbocycles. The predicted octanol–water partition coefficient (Wildman–Crippen LogP) is 7.28. The summed E-state index contributed by atoms with van der Waals surface area (Å²) in [7, 11) is 2.18. The minimum atomic E-state index is -0.329. The van der Waals surface area contributed by atoms with E-state index in [1.165, 1.54) is 11.3 Å². The lowest BCUT2D eigenvalue weighted by Crippen LogP contribution is -2.44. The Kier molecular flexibility index (Phi) is 10.2. The number of rotatable bonds is 11. The summed E-state index contributed by atoms with van der Waals surface area (Å²) in [6.45, 7) is 6.44. The summed E-state index contributed by atoms with van der Waals surface area (Å²) in [4.78, 5) is 32.3. The first-order valence-corrected chi connectivity index (χ1v) is 15.5. The van der Waals surface area contributed by atoms with Crippen LogP contribution in [0.2, 0.25) is 0 Å². The smallest absolute Gasteiger partial charge is 0.298 e. The molecule has 2 amide bonds. The van der Waals surface area contributed by atoms with Gasteiger partial charge in [-0.25, -0.2) is 4.90 Å². The molecule has 2 heterocycles. The van der Waals surface area contributed by atoms with Gasteiger partial charge in [-0.05, 0) is 117 Å². The van der Waals surface area contributed by atoms with Gasteiger partial charge in [0.1, 0.15) is 17.2 Å². The molecule has 2 aliphatic heterocycles. The van der Waals surface area contributed by atoms with Gasteiger partial charge in [0, 0.05) is 30.7 Å². The number of carbonyl (C=O) groups excluding carboxylic acids is 2. The number of nitrogens with zero attached hydrogens (tertiary/aromatic N) is 3. The second-order valence-corrected chi connectivity index (χ2v) is 12.1. The van der Waals surface area contributed by atoms with E-state index in [-0.39, 0.29) is 11.1 Å². The lowest BCUT2D eigenvalue weighted by atomic mass is 10.2. The van der Waals surface area contributed by atoms with Gasteiger partial charge in [0.2, 0.25) is 0 Å². The van der Waals surface area contributed by atoms with E-state index in [1.807, 2.05) is 60.7 Å². The molecule has 7 nitrogen and oxygen atoms in total. The number of hydrogen-bond donors (Lipinski definition) is 0. The lowest BCUT2D eigenvalue weighted by Gasteiger charge is -2.32. The zero-order chi connectivity index (χ0) is 28.6. The fraction of sp³-hybridized carbons (Fsp3) is 0.312. The fourth-order valence-electron chi connectivity index (χ4n) is 4.68. The van der Waals surface area contributed by atoms with Crippen LogP contribution < -0.4 is 14.4 Å². The van der Waals surface area contributed by atoms with Crippen molar-refractivity contribution in [3.8, 4) is 17.2 Å². The number of likely N-dealkylation sites (N-methyl/N-ethyl adjacent to an activating group) is 1. The highest BCUT2D eigenvalue weighted by Crippen LogP contribution is 2.36. The molecular weight excluding hydrogens is 602 g/mol. The number of benzene rings is 3. The molecule has 0 bridgehead atoms. The van der Waals surface area contributed by atoms with Crippen molar-refractivity contribution >= 4 is 50.6 Å². The van der Waals surface area contributed by atoms with Crippen LogP contribution >= 0.6 is 27.7 Å². The van der Waals surface area contributed by atoms with Gasteiger partial charge in [-0.3, -0.25) is 9.59 Å². The Balaban J connectivity index is 1.09. The molecule has 9 heteroatoms. The van der Waals surface area contributed by atoms with Crippen LogP contribution in [-0.4, -0.2) is 67.3 Å². The number of hydrogen-bond acceptors (Lipinski definition) is 7. The van der Waals surface area contributed by atoms with E-state index in [9.17, 15) is 9.59 Å². The fourth-order valence-corrected chi connectivity index (χ4v) is 5.79. The summed E-state index contributed by atoms with van der Waals surface area (Å²) in [5.41, 5.74) is 1.35. The van der Waals surface area contributed by atoms with Gasteiger partial charge in [0.25, 0.3) is 11.1 Å². The number of ether oxygens (including phenoxy) is 2. The molecule has 0 aliphatic carbocycles. The highest BCUT2D eigenvalue weighted by molar-refractivity contribution is 9.10. The molecule has 0 unspecified atom stereocenters. The molecule has 3 aromatic rings. The van der Waals surface area contributed by atoms with Crippen molar-refractivity contribution in [1.29, 1.82) is 0 Å². The maximum atomic E-state index is 13.1. The van der Waals surface area contributed by atoms with Crippen molar-refractivity contribution in [3.63, 3.8) is 0 Å². The van der Waals surface area contributed by atoms with E-state index < -0.39 is 0 Å². The van der Waals surface area contributed by atoms with E-state index in [4.69, 9.17) is 9.47 Å². The second kappa shape index (κ2) is 14.2. The van der Waals surface area contributed by atoms with Crippen LogP contribution in [0.15, 0.2) is 82.2 Å². The van der Waals surface area contributed by atoms with Crippen molar-refractivity contribution in [3.05, 3.63) is 87.7 Å². The van der Waals surface area contributed by atoms with Gasteiger partial charge in [-0.1, -0.05) is 28.1 Å². The number of imide groups is 1. The van der Waals surface area contributed by atoms with Crippen LogP contribution in [0.5, 0.6) is 17.2 Å². The molecule has 2 fully saturated rings. The van der Waals surface area contributed by atoms with Crippen LogP contribution in [0.4, 0.5) is 10.5 Å². The average molecular weight is 637 g/mol. The average Bonchev–Trinajstić information content (AvgIpc) is 3.26. The first-order chi connectivity index (χ1) is 19.9. The maximum absolute atomic E-state index is 13.1. The van der Waals surface area contributed by atoms with Crippen molar-refractivity contribution in [2.24, 2.45) is 0 Å². The molecule has 2 saturated heterocycles. The molecule has 0 N–H and O–H groups in total. The van der Waals surface area contributed by atoms with E-state index in [1.54, 1.807) is 18.2 Å². The van der Waals surface area contributed by atoms with Crippen LogP contribution in [-0.2, 0) is 4.79 Å². The van der Waals surface area contributed by atoms with Crippen LogP contribution in [0.3, 0.4) is 0 Å². The van der Waals surface area contributed by atoms with E-state index in [0.29, 0.717) is 22.9 Å². The zero-order valence-corrected chi connectivity index (χ0v) is 25.5. The number of anilines is 1. The molecule has 5 rings (SSSR count). The Bertz CT molecular complexity index is 1360. The maximum Gasteiger partial charge on any atom is 0.298 e. The number of halogens is 1. The van der Waals surface area contributed by atoms with E-state index in [2.05, 4.69) is 32.8 Å². The zero-order valence-electron chi connectivity index (χ0n) is 23.1.